The molecular weight excluding hydrogens is 216 g/mol. The largest absolute Gasteiger partial charge is 0.491 e. The highest BCUT2D eigenvalue weighted by Gasteiger charge is 2.09. The highest BCUT2D eigenvalue weighted by Crippen LogP contribution is 2.17. The van der Waals surface area contributed by atoms with Gasteiger partial charge in [-0.25, -0.2) is 0 Å². The smallest absolute Gasteiger partial charge is 0.119 e. The van der Waals surface area contributed by atoms with Gasteiger partial charge in [-0.15, -0.1) is 0 Å². The Morgan fingerprint density at radius 1 is 1.12 bits per heavy atom. The molecule has 0 fully saturated rings. The van der Waals surface area contributed by atoms with Gasteiger partial charge in [0.15, 0.2) is 0 Å². The third-order valence-corrected chi connectivity index (χ3v) is 2.25. The van der Waals surface area contributed by atoms with Crippen molar-refractivity contribution in [1.29, 1.82) is 0 Å². The topological polar surface area (TPSA) is 38.7 Å². The fourth-order valence-electron chi connectivity index (χ4n) is 1.35. The molecule has 1 unspecified atom stereocenters. The Labute approximate surface area is 103 Å². The van der Waals surface area contributed by atoms with Crippen LogP contribution in [0.2, 0.25) is 0 Å². The molecule has 0 bridgehead atoms. The number of aliphatic hydroxyl groups is 1. The van der Waals surface area contributed by atoms with E-state index < -0.39 is 6.10 Å². The number of hydrogen-bond acceptors (Lipinski definition) is 3. The van der Waals surface area contributed by atoms with Gasteiger partial charge < -0.3 is 14.6 Å². The van der Waals surface area contributed by atoms with Crippen molar-refractivity contribution in [2.24, 2.45) is 0 Å². The molecule has 0 spiro atoms. The molecule has 1 rings (SSSR count). The van der Waals surface area contributed by atoms with Gasteiger partial charge in [0.2, 0.25) is 0 Å². The Balaban J connectivity index is 2.33. The summed E-state index contributed by atoms with van der Waals surface area (Å²) in [4.78, 5) is 0. The first-order chi connectivity index (χ1) is 7.88. The van der Waals surface area contributed by atoms with Crippen LogP contribution in [0.4, 0.5) is 0 Å². The van der Waals surface area contributed by atoms with Crippen molar-refractivity contribution < 1.29 is 14.6 Å². The van der Waals surface area contributed by atoms with Gasteiger partial charge in [-0.3, -0.25) is 0 Å². The summed E-state index contributed by atoms with van der Waals surface area (Å²) in [7, 11) is 0. The van der Waals surface area contributed by atoms with Crippen LogP contribution in [0.5, 0.6) is 5.75 Å². The van der Waals surface area contributed by atoms with E-state index >= 15 is 0 Å². The van der Waals surface area contributed by atoms with Crippen molar-refractivity contribution in [1.82, 2.24) is 0 Å². The van der Waals surface area contributed by atoms with E-state index in [1.165, 1.54) is 0 Å². The zero-order valence-corrected chi connectivity index (χ0v) is 11.1. The molecule has 0 aliphatic rings. The lowest BCUT2D eigenvalue weighted by molar-refractivity contribution is -0.0163. The van der Waals surface area contributed by atoms with Gasteiger partial charge in [0.25, 0.3) is 0 Å². The number of rotatable bonds is 5. The summed E-state index contributed by atoms with van der Waals surface area (Å²) < 4.78 is 11.1. The molecule has 96 valence electrons. The van der Waals surface area contributed by atoms with Crippen LogP contribution in [0.3, 0.4) is 0 Å². The summed E-state index contributed by atoms with van der Waals surface area (Å²) in [5.41, 5.74) is 0.766. The highest BCUT2D eigenvalue weighted by molar-refractivity contribution is 5.28. The van der Waals surface area contributed by atoms with Gasteiger partial charge in [-0.1, -0.05) is 12.1 Å². The average Bonchev–Trinajstić information content (AvgIpc) is 2.24. The molecule has 17 heavy (non-hydrogen) atoms. The molecule has 0 radical (unpaired) electrons. The number of ether oxygens (including phenoxy) is 2. The molecule has 0 aromatic heterocycles. The first-order valence-electron chi connectivity index (χ1n) is 5.93. The normalized spacial score (nSPS) is 13.5. The van der Waals surface area contributed by atoms with Gasteiger partial charge in [0.05, 0.1) is 18.3 Å². The predicted molar refractivity (Wildman–Crippen MR) is 68.3 cm³/mol. The lowest BCUT2D eigenvalue weighted by Crippen LogP contribution is -2.22. The standard InChI is InChI=1S/C14H22O3/c1-11(15)12-5-7-13(8-6-12)16-9-10-17-14(2,3)4/h5-8,11,15H,9-10H2,1-4H3. The van der Waals surface area contributed by atoms with E-state index in [1.807, 2.05) is 45.0 Å². The molecule has 0 aliphatic carbocycles. The maximum Gasteiger partial charge on any atom is 0.119 e. The molecule has 0 heterocycles. The molecule has 0 aliphatic heterocycles. The monoisotopic (exact) mass is 238 g/mol. The van der Waals surface area contributed by atoms with E-state index in [0.29, 0.717) is 13.2 Å². The summed E-state index contributed by atoms with van der Waals surface area (Å²) in [5, 5.41) is 9.36. The van der Waals surface area contributed by atoms with Crippen molar-refractivity contribution in [3.63, 3.8) is 0 Å². The molecule has 1 atom stereocenters. The minimum Gasteiger partial charge on any atom is -0.491 e. The lowest BCUT2D eigenvalue weighted by Gasteiger charge is -2.19. The van der Waals surface area contributed by atoms with Crippen LogP contribution in [0.25, 0.3) is 0 Å². The average molecular weight is 238 g/mol. The zero-order valence-electron chi connectivity index (χ0n) is 11.1. The third kappa shape index (κ3) is 5.71. The van der Waals surface area contributed by atoms with Gasteiger partial charge in [-0.05, 0) is 45.4 Å². The Morgan fingerprint density at radius 2 is 1.71 bits per heavy atom. The van der Waals surface area contributed by atoms with Crippen molar-refractivity contribution >= 4 is 0 Å². The Hall–Kier alpha value is -1.06. The van der Waals surface area contributed by atoms with E-state index in [4.69, 9.17) is 9.47 Å². The fourth-order valence-corrected chi connectivity index (χ4v) is 1.35. The van der Waals surface area contributed by atoms with Gasteiger partial charge in [-0.2, -0.15) is 0 Å². The van der Waals surface area contributed by atoms with E-state index in [2.05, 4.69) is 0 Å². The van der Waals surface area contributed by atoms with E-state index in [1.54, 1.807) is 6.92 Å². The van der Waals surface area contributed by atoms with Crippen molar-refractivity contribution in [3.8, 4) is 5.75 Å². The van der Waals surface area contributed by atoms with Gasteiger partial charge >= 0.3 is 0 Å². The second kappa shape index (κ2) is 6.03. The van der Waals surface area contributed by atoms with E-state index in [9.17, 15) is 5.11 Å². The fraction of sp³-hybridized carbons (Fsp3) is 0.571. The van der Waals surface area contributed by atoms with Crippen LogP contribution in [-0.2, 0) is 4.74 Å². The zero-order chi connectivity index (χ0) is 12.9. The van der Waals surface area contributed by atoms with Crippen LogP contribution in [0.15, 0.2) is 24.3 Å². The highest BCUT2D eigenvalue weighted by atomic mass is 16.5. The van der Waals surface area contributed by atoms with Crippen molar-refractivity contribution in [3.05, 3.63) is 29.8 Å². The molecule has 0 saturated heterocycles. The predicted octanol–water partition coefficient (Wildman–Crippen LogP) is 2.93. The Morgan fingerprint density at radius 3 is 2.18 bits per heavy atom. The van der Waals surface area contributed by atoms with Crippen LogP contribution >= 0.6 is 0 Å². The molecule has 0 amide bonds. The van der Waals surface area contributed by atoms with Crippen LogP contribution in [0, 0.1) is 0 Å². The van der Waals surface area contributed by atoms with Crippen LogP contribution in [-0.4, -0.2) is 23.9 Å². The van der Waals surface area contributed by atoms with E-state index in [0.717, 1.165) is 11.3 Å². The summed E-state index contributed by atoms with van der Waals surface area (Å²) in [5.74, 6) is 0.798. The maximum atomic E-state index is 9.36. The summed E-state index contributed by atoms with van der Waals surface area (Å²) >= 11 is 0. The number of aliphatic hydroxyl groups excluding tert-OH is 1. The molecule has 1 aromatic carbocycles. The first kappa shape index (κ1) is 14.0. The molecule has 0 saturated carbocycles. The Bertz CT molecular complexity index is 322. The van der Waals surface area contributed by atoms with E-state index in [-0.39, 0.29) is 5.60 Å². The summed E-state index contributed by atoms with van der Waals surface area (Å²) in [6.45, 7) is 8.90. The Kier molecular flexibility index (Phi) is 4.97. The number of hydrogen-bond donors (Lipinski definition) is 1. The second-order valence-electron chi connectivity index (χ2n) is 5.05. The molecule has 1 aromatic rings. The minimum atomic E-state index is -0.437. The van der Waals surface area contributed by atoms with Crippen molar-refractivity contribution in [2.45, 2.75) is 39.4 Å². The van der Waals surface area contributed by atoms with Gasteiger partial charge in [0.1, 0.15) is 12.4 Å². The van der Waals surface area contributed by atoms with Crippen LogP contribution in [0.1, 0.15) is 39.4 Å². The minimum absolute atomic E-state index is 0.125. The summed E-state index contributed by atoms with van der Waals surface area (Å²) in [6, 6.07) is 7.45. The van der Waals surface area contributed by atoms with Crippen molar-refractivity contribution in [2.75, 3.05) is 13.2 Å². The quantitative estimate of drug-likeness (QED) is 0.802. The lowest BCUT2D eigenvalue weighted by atomic mass is 10.1. The molecular formula is C14H22O3. The maximum absolute atomic E-state index is 9.36. The molecule has 3 heteroatoms. The molecule has 3 nitrogen and oxygen atoms in total. The number of benzene rings is 1. The molecule has 1 N–H and O–H groups in total. The third-order valence-electron chi connectivity index (χ3n) is 2.25. The SMILES string of the molecule is CC(O)c1ccc(OCCOC(C)(C)C)cc1. The summed E-state index contributed by atoms with van der Waals surface area (Å²) in [6.07, 6.45) is -0.437. The van der Waals surface area contributed by atoms with Gasteiger partial charge in [0, 0.05) is 0 Å². The second-order valence-corrected chi connectivity index (χ2v) is 5.05. The van der Waals surface area contributed by atoms with Crippen LogP contribution < -0.4 is 4.74 Å². The first-order valence-corrected chi connectivity index (χ1v) is 5.93.